The number of nitrogens with one attached hydrogen (secondary N) is 1. The van der Waals surface area contributed by atoms with E-state index in [1.54, 1.807) is 54.4 Å². The molecule has 0 aliphatic carbocycles. The Balaban J connectivity index is 1.70. The maximum Gasteiger partial charge on any atom is 0.291 e. The van der Waals surface area contributed by atoms with Crippen molar-refractivity contribution in [1.29, 1.82) is 0 Å². The fourth-order valence-electron chi connectivity index (χ4n) is 2.56. The summed E-state index contributed by atoms with van der Waals surface area (Å²) >= 11 is 9.15. The lowest BCUT2D eigenvalue weighted by Gasteiger charge is -2.18. The number of nitrogens with zero attached hydrogens (tertiary/aromatic N) is 1. The fraction of sp³-hybridized carbons (Fsp3) is 0.100. The second-order valence-corrected chi connectivity index (χ2v) is 7.15. The molecule has 0 fully saturated rings. The topological polar surface area (TPSA) is 62.6 Å². The van der Waals surface area contributed by atoms with Crippen molar-refractivity contribution in [2.24, 2.45) is 0 Å². The van der Waals surface area contributed by atoms with Crippen molar-refractivity contribution in [2.75, 3.05) is 12.4 Å². The van der Waals surface area contributed by atoms with Gasteiger partial charge in [0.2, 0.25) is 0 Å². The van der Waals surface area contributed by atoms with Crippen molar-refractivity contribution < 1.29 is 14.0 Å². The summed E-state index contributed by atoms with van der Waals surface area (Å²) in [5.41, 5.74) is 1.92. The van der Waals surface area contributed by atoms with Crippen molar-refractivity contribution in [3.8, 4) is 0 Å². The number of halogens is 2. The second-order valence-electron chi connectivity index (χ2n) is 5.93. The van der Waals surface area contributed by atoms with E-state index in [4.69, 9.17) is 16.0 Å². The summed E-state index contributed by atoms with van der Waals surface area (Å²) in [7, 11) is 1.72. The van der Waals surface area contributed by atoms with Crippen LogP contribution in [0.4, 0.5) is 5.69 Å². The van der Waals surface area contributed by atoms with Gasteiger partial charge in [0.25, 0.3) is 11.8 Å². The van der Waals surface area contributed by atoms with Crippen molar-refractivity contribution in [2.45, 2.75) is 6.54 Å². The van der Waals surface area contributed by atoms with Gasteiger partial charge in [0.05, 0.1) is 0 Å². The third kappa shape index (κ3) is 4.99. The Kier molecular flexibility index (Phi) is 5.98. The Bertz CT molecular complexity index is 987. The van der Waals surface area contributed by atoms with E-state index in [1.165, 1.54) is 0 Å². The van der Waals surface area contributed by atoms with Gasteiger partial charge in [-0.1, -0.05) is 29.8 Å². The molecule has 0 aliphatic rings. The standard InChI is InChI=1S/C20H16BrClN2O3/c1-24(12-13-4-2-6-15(22)10-13)20(26)14-5-3-7-16(11-14)23-19(25)17-8-9-18(21)27-17/h2-11H,12H2,1H3,(H,23,25). The van der Waals surface area contributed by atoms with Crippen LogP contribution in [0.15, 0.2) is 69.8 Å². The molecule has 0 unspecified atom stereocenters. The molecule has 27 heavy (non-hydrogen) atoms. The molecule has 0 saturated carbocycles. The molecule has 1 N–H and O–H groups in total. The smallest absolute Gasteiger partial charge is 0.291 e. The van der Waals surface area contributed by atoms with Gasteiger partial charge in [-0.3, -0.25) is 9.59 Å². The molecule has 0 aliphatic heterocycles. The largest absolute Gasteiger partial charge is 0.444 e. The van der Waals surface area contributed by atoms with Crippen LogP contribution in [0.5, 0.6) is 0 Å². The van der Waals surface area contributed by atoms with Gasteiger partial charge in [0.1, 0.15) is 0 Å². The zero-order chi connectivity index (χ0) is 19.4. The molecule has 2 aromatic carbocycles. The second kappa shape index (κ2) is 8.41. The maximum absolute atomic E-state index is 12.7. The zero-order valence-corrected chi connectivity index (χ0v) is 16.8. The normalized spacial score (nSPS) is 10.5. The lowest BCUT2D eigenvalue weighted by Crippen LogP contribution is -2.26. The highest BCUT2D eigenvalue weighted by atomic mass is 79.9. The van der Waals surface area contributed by atoms with Crippen LogP contribution >= 0.6 is 27.5 Å². The molecule has 138 valence electrons. The van der Waals surface area contributed by atoms with Crippen LogP contribution < -0.4 is 5.32 Å². The number of rotatable bonds is 5. The Morgan fingerprint density at radius 2 is 1.89 bits per heavy atom. The van der Waals surface area contributed by atoms with Crippen LogP contribution in [-0.4, -0.2) is 23.8 Å². The Morgan fingerprint density at radius 3 is 2.59 bits per heavy atom. The van der Waals surface area contributed by atoms with Gasteiger partial charge >= 0.3 is 0 Å². The average Bonchev–Trinajstić information content (AvgIpc) is 3.08. The summed E-state index contributed by atoms with van der Waals surface area (Å²) in [6.07, 6.45) is 0. The van der Waals surface area contributed by atoms with Crippen molar-refractivity contribution in [3.05, 3.63) is 87.2 Å². The molecule has 7 heteroatoms. The Morgan fingerprint density at radius 1 is 1.11 bits per heavy atom. The SMILES string of the molecule is CN(Cc1cccc(Cl)c1)C(=O)c1cccc(NC(=O)c2ccc(Br)o2)c1. The van der Waals surface area contributed by atoms with E-state index in [0.29, 0.717) is 27.5 Å². The quantitative estimate of drug-likeness (QED) is 0.583. The number of hydrogen-bond donors (Lipinski definition) is 1. The minimum atomic E-state index is -0.391. The Hall–Kier alpha value is -2.57. The highest BCUT2D eigenvalue weighted by molar-refractivity contribution is 9.10. The lowest BCUT2D eigenvalue weighted by molar-refractivity contribution is 0.0784. The molecule has 0 radical (unpaired) electrons. The Labute approximate surface area is 170 Å². The number of carbonyl (C=O) groups is 2. The number of carbonyl (C=O) groups excluding carboxylic acids is 2. The van der Waals surface area contributed by atoms with Gasteiger partial charge in [0, 0.05) is 29.9 Å². The molecule has 1 heterocycles. The van der Waals surface area contributed by atoms with Crippen LogP contribution in [0.25, 0.3) is 0 Å². The maximum atomic E-state index is 12.7. The minimum Gasteiger partial charge on any atom is -0.444 e. The summed E-state index contributed by atoms with van der Waals surface area (Å²) < 4.78 is 5.70. The van der Waals surface area contributed by atoms with E-state index >= 15 is 0 Å². The summed E-state index contributed by atoms with van der Waals surface area (Å²) in [6, 6.07) is 17.3. The highest BCUT2D eigenvalue weighted by Crippen LogP contribution is 2.18. The molecule has 0 saturated heterocycles. The minimum absolute atomic E-state index is 0.160. The lowest BCUT2D eigenvalue weighted by atomic mass is 10.1. The average molecular weight is 448 g/mol. The third-order valence-electron chi connectivity index (χ3n) is 3.82. The zero-order valence-electron chi connectivity index (χ0n) is 14.4. The molecule has 3 aromatic rings. The first-order chi connectivity index (χ1) is 12.9. The monoisotopic (exact) mass is 446 g/mol. The summed E-state index contributed by atoms with van der Waals surface area (Å²) in [5, 5.41) is 3.35. The molecular weight excluding hydrogens is 432 g/mol. The van der Waals surface area contributed by atoms with Crippen molar-refractivity contribution in [1.82, 2.24) is 4.90 Å². The number of hydrogen-bond acceptors (Lipinski definition) is 3. The van der Waals surface area contributed by atoms with Crippen LogP contribution in [0.1, 0.15) is 26.5 Å². The van der Waals surface area contributed by atoms with Gasteiger partial charge in [-0.25, -0.2) is 0 Å². The number of amides is 2. The van der Waals surface area contributed by atoms with Crippen LogP contribution in [0.3, 0.4) is 0 Å². The highest BCUT2D eigenvalue weighted by Gasteiger charge is 2.15. The fourth-order valence-corrected chi connectivity index (χ4v) is 3.08. The number of anilines is 1. The molecule has 0 bridgehead atoms. The third-order valence-corrected chi connectivity index (χ3v) is 4.48. The first-order valence-electron chi connectivity index (χ1n) is 8.09. The molecule has 0 spiro atoms. The van der Waals surface area contributed by atoms with E-state index in [2.05, 4.69) is 21.2 Å². The molecule has 3 rings (SSSR count). The van der Waals surface area contributed by atoms with E-state index in [9.17, 15) is 9.59 Å². The van der Waals surface area contributed by atoms with Crippen molar-refractivity contribution >= 4 is 45.0 Å². The van der Waals surface area contributed by atoms with Gasteiger partial charge in [-0.05, 0) is 64.0 Å². The number of furan rings is 1. The predicted octanol–water partition coefficient (Wildman–Crippen LogP) is 5.22. The predicted molar refractivity (Wildman–Crippen MR) is 108 cm³/mol. The van der Waals surface area contributed by atoms with Crippen molar-refractivity contribution in [3.63, 3.8) is 0 Å². The first kappa shape index (κ1) is 19.2. The summed E-state index contributed by atoms with van der Waals surface area (Å²) in [6.45, 7) is 0.427. The van der Waals surface area contributed by atoms with Gasteiger partial charge in [0.15, 0.2) is 10.4 Å². The number of benzene rings is 2. The molecule has 0 atom stereocenters. The van der Waals surface area contributed by atoms with E-state index in [0.717, 1.165) is 5.56 Å². The molecular formula is C20H16BrClN2O3. The molecule has 1 aromatic heterocycles. The van der Waals surface area contributed by atoms with E-state index in [-0.39, 0.29) is 11.7 Å². The molecule has 5 nitrogen and oxygen atoms in total. The summed E-state index contributed by atoms with van der Waals surface area (Å²) in [4.78, 5) is 26.5. The molecule has 2 amide bonds. The van der Waals surface area contributed by atoms with Crippen LogP contribution in [0.2, 0.25) is 5.02 Å². The van der Waals surface area contributed by atoms with Gasteiger partial charge in [-0.2, -0.15) is 0 Å². The van der Waals surface area contributed by atoms with E-state index < -0.39 is 5.91 Å². The van der Waals surface area contributed by atoms with Crippen LogP contribution in [-0.2, 0) is 6.54 Å². The van der Waals surface area contributed by atoms with Gasteiger partial charge in [-0.15, -0.1) is 0 Å². The van der Waals surface area contributed by atoms with E-state index in [1.807, 2.05) is 18.2 Å². The van der Waals surface area contributed by atoms with Gasteiger partial charge < -0.3 is 14.6 Å². The summed E-state index contributed by atoms with van der Waals surface area (Å²) in [5.74, 6) is -0.374. The first-order valence-corrected chi connectivity index (χ1v) is 9.26. The van der Waals surface area contributed by atoms with Crippen LogP contribution in [0, 0.1) is 0 Å².